The van der Waals surface area contributed by atoms with E-state index in [1.807, 2.05) is 0 Å². The van der Waals surface area contributed by atoms with Gasteiger partial charge in [-0.2, -0.15) is 39.5 Å². The number of ether oxygens (including phenoxy) is 2. The van der Waals surface area contributed by atoms with Gasteiger partial charge in [0.15, 0.2) is 0 Å². The summed E-state index contributed by atoms with van der Waals surface area (Å²) in [5.74, 6) is -0.137. The fourth-order valence-electron chi connectivity index (χ4n) is 5.26. The van der Waals surface area contributed by atoms with Crippen molar-refractivity contribution in [1.82, 2.24) is 4.90 Å². The van der Waals surface area contributed by atoms with Gasteiger partial charge in [-0.1, -0.05) is 0 Å². The molecule has 0 spiro atoms. The maximum absolute atomic E-state index is 13.8. The number of nitrogens with zero attached hydrogens (tertiary/aromatic N) is 2. The zero-order valence-corrected chi connectivity index (χ0v) is 23.0. The van der Waals surface area contributed by atoms with Gasteiger partial charge in [-0.15, -0.1) is 0 Å². The van der Waals surface area contributed by atoms with E-state index in [4.69, 9.17) is 9.47 Å². The van der Waals surface area contributed by atoms with Crippen LogP contribution in [0, 0.1) is 5.92 Å². The monoisotopic (exact) mass is 626 g/mol. The fourth-order valence-corrected chi connectivity index (χ4v) is 5.26. The van der Waals surface area contributed by atoms with Crippen molar-refractivity contribution in [3.8, 4) is 0 Å². The van der Waals surface area contributed by atoms with Gasteiger partial charge in [-0.25, -0.2) is 9.59 Å². The maximum Gasteiger partial charge on any atom is 0.416 e. The highest BCUT2D eigenvalue weighted by molar-refractivity contribution is 5.91. The highest BCUT2D eigenvalue weighted by Gasteiger charge is 2.48. The summed E-state index contributed by atoms with van der Waals surface area (Å²) < 4.78 is 133. The van der Waals surface area contributed by atoms with Crippen LogP contribution in [0.3, 0.4) is 0 Å². The quantitative estimate of drug-likeness (QED) is 0.312. The number of carbonyl (C=O) groups is 2. The number of alkyl halides is 9. The molecule has 2 aromatic rings. The molecule has 1 saturated carbocycles. The summed E-state index contributed by atoms with van der Waals surface area (Å²) in [4.78, 5) is 28.2. The Labute approximate surface area is 240 Å². The molecule has 0 saturated heterocycles. The number of hydrogen-bond donors (Lipinski definition) is 0. The van der Waals surface area contributed by atoms with Crippen molar-refractivity contribution in [2.24, 2.45) is 5.92 Å². The van der Waals surface area contributed by atoms with Gasteiger partial charge in [0.25, 0.3) is 0 Å². The second-order valence-electron chi connectivity index (χ2n) is 10.7. The molecule has 2 aliphatic rings. The molecule has 0 bridgehead atoms. The molecule has 0 N–H and O–H groups in total. The molecule has 43 heavy (non-hydrogen) atoms. The Kier molecular flexibility index (Phi) is 8.59. The first-order chi connectivity index (χ1) is 19.8. The summed E-state index contributed by atoms with van der Waals surface area (Å²) in [6, 6.07) is 1.29. The Balaban J connectivity index is 1.88. The van der Waals surface area contributed by atoms with Crippen LogP contribution >= 0.6 is 0 Å². The van der Waals surface area contributed by atoms with E-state index < -0.39 is 77.7 Å². The molecule has 236 valence electrons. The van der Waals surface area contributed by atoms with Crippen molar-refractivity contribution in [1.29, 1.82) is 0 Å². The van der Waals surface area contributed by atoms with Crippen LogP contribution in [-0.4, -0.2) is 36.3 Å². The lowest BCUT2D eigenvalue weighted by molar-refractivity contribution is -0.143. The number of anilines is 1. The molecule has 1 fully saturated rings. The Bertz CT molecular complexity index is 1340. The summed E-state index contributed by atoms with van der Waals surface area (Å²) in [7, 11) is 0.920. The highest BCUT2D eigenvalue weighted by Crippen LogP contribution is 2.50. The van der Waals surface area contributed by atoms with Crippen LogP contribution in [0.15, 0.2) is 36.4 Å². The molecule has 0 unspecified atom stereocenters. The number of carbonyl (C=O) groups excluding carboxylic acids is 2. The Morgan fingerprint density at radius 1 is 0.884 bits per heavy atom. The lowest BCUT2D eigenvalue weighted by atomic mass is 9.86. The van der Waals surface area contributed by atoms with Gasteiger partial charge in [0.05, 0.1) is 41.6 Å². The van der Waals surface area contributed by atoms with E-state index in [1.54, 1.807) is 13.8 Å². The van der Waals surface area contributed by atoms with Gasteiger partial charge < -0.3 is 9.47 Å². The Morgan fingerprint density at radius 2 is 1.44 bits per heavy atom. The first-order valence-corrected chi connectivity index (χ1v) is 13.1. The Morgan fingerprint density at radius 3 is 1.91 bits per heavy atom. The molecule has 0 aromatic heterocycles. The largest absolute Gasteiger partial charge is 0.453 e. The number of hydrogen-bond acceptors (Lipinski definition) is 4. The molecule has 2 atom stereocenters. The fraction of sp³-hybridized carbons (Fsp3) is 0.500. The molecule has 15 heteroatoms. The van der Waals surface area contributed by atoms with Crippen LogP contribution in [-0.2, 0) is 34.5 Å². The van der Waals surface area contributed by atoms with Gasteiger partial charge >= 0.3 is 30.7 Å². The van der Waals surface area contributed by atoms with E-state index in [1.165, 1.54) is 4.90 Å². The van der Waals surface area contributed by atoms with Gasteiger partial charge in [-0.3, -0.25) is 9.80 Å². The van der Waals surface area contributed by atoms with Gasteiger partial charge in [0.2, 0.25) is 0 Å². The van der Waals surface area contributed by atoms with E-state index in [-0.39, 0.29) is 29.7 Å². The summed E-state index contributed by atoms with van der Waals surface area (Å²) in [5, 5.41) is 0. The molecule has 2 amide bonds. The number of halogens is 9. The first kappa shape index (κ1) is 32.3. The summed E-state index contributed by atoms with van der Waals surface area (Å²) >= 11 is 0. The van der Waals surface area contributed by atoms with Crippen molar-refractivity contribution in [3.63, 3.8) is 0 Å². The highest BCUT2D eigenvalue weighted by atomic mass is 19.4. The Hall–Kier alpha value is -3.65. The van der Waals surface area contributed by atoms with Gasteiger partial charge in [-0.05, 0) is 86.6 Å². The lowest BCUT2D eigenvalue weighted by Crippen LogP contribution is -2.50. The summed E-state index contributed by atoms with van der Waals surface area (Å²) in [6.45, 7) is 2.29. The smallest absolute Gasteiger partial charge is 0.416 e. The van der Waals surface area contributed by atoms with Crippen molar-refractivity contribution in [2.45, 2.75) is 76.4 Å². The van der Waals surface area contributed by atoms with Crippen LogP contribution < -0.4 is 4.90 Å². The van der Waals surface area contributed by atoms with E-state index in [0.29, 0.717) is 31.0 Å². The second kappa shape index (κ2) is 11.5. The summed E-state index contributed by atoms with van der Waals surface area (Å²) in [5.41, 5.74) is -5.18. The zero-order valence-electron chi connectivity index (χ0n) is 23.0. The summed E-state index contributed by atoms with van der Waals surface area (Å²) in [6.07, 6.45) is -16.7. The maximum atomic E-state index is 13.8. The van der Waals surface area contributed by atoms with Crippen molar-refractivity contribution < 1.29 is 58.6 Å². The van der Waals surface area contributed by atoms with Crippen LogP contribution in [0.25, 0.3) is 0 Å². The minimum absolute atomic E-state index is 0.0271. The number of rotatable bonds is 5. The van der Waals surface area contributed by atoms with Gasteiger partial charge in [0, 0.05) is 12.6 Å². The number of methoxy groups -OCH3 is 1. The van der Waals surface area contributed by atoms with Crippen LogP contribution in [0.4, 0.5) is 54.8 Å². The minimum atomic E-state index is -5.17. The average Bonchev–Trinajstić information content (AvgIpc) is 3.73. The molecule has 6 nitrogen and oxygen atoms in total. The molecule has 0 radical (unpaired) electrons. The second-order valence-corrected chi connectivity index (χ2v) is 10.7. The predicted octanol–water partition coefficient (Wildman–Crippen LogP) is 8.59. The molecular formula is C28H27F9N2O4. The average molecular weight is 627 g/mol. The molecule has 4 rings (SSSR count). The topological polar surface area (TPSA) is 59.1 Å². The first-order valence-electron chi connectivity index (χ1n) is 13.1. The van der Waals surface area contributed by atoms with E-state index >= 15 is 0 Å². The van der Waals surface area contributed by atoms with E-state index in [0.717, 1.165) is 24.1 Å². The third kappa shape index (κ3) is 7.12. The molecule has 1 aliphatic heterocycles. The third-order valence-electron chi connectivity index (χ3n) is 7.25. The minimum Gasteiger partial charge on any atom is -0.453 e. The number of benzene rings is 2. The molecule has 2 aromatic carbocycles. The van der Waals surface area contributed by atoms with Gasteiger partial charge in [0.1, 0.15) is 0 Å². The normalized spacial score (nSPS) is 19.2. The van der Waals surface area contributed by atoms with Crippen molar-refractivity contribution >= 4 is 17.9 Å². The number of fused-ring (bicyclic) bond motifs is 1. The van der Waals surface area contributed by atoms with E-state index in [2.05, 4.69) is 0 Å². The van der Waals surface area contributed by atoms with Crippen LogP contribution in [0.1, 0.15) is 67.0 Å². The lowest BCUT2D eigenvalue weighted by Gasteiger charge is -2.44. The predicted molar refractivity (Wildman–Crippen MR) is 134 cm³/mol. The van der Waals surface area contributed by atoms with Crippen LogP contribution in [0.2, 0.25) is 0 Å². The SMILES string of the molecule is COC(=O)N(Cc1cc(C(F)(F)F)cc(C(F)(F)F)c1)[C@H]1C[C@@H](C2CC2)N(C(=O)OC(C)C)c2ccc(C(F)(F)F)cc21. The zero-order chi connectivity index (χ0) is 32.1. The standard InChI is InChI=1S/C28H27F9N2O4/c1-14(2)43-25(41)39-21-7-6-17(26(29,30)31)11-20(21)23(12-22(39)16-4-5-16)38(24(40)42-3)13-15-8-18(27(32,33)34)10-19(9-15)28(35,36)37/h6-11,14,16,22-23H,4-5,12-13H2,1-3H3/t22-,23-/m0/s1. The molecule has 1 aliphatic carbocycles. The third-order valence-corrected chi connectivity index (χ3v) is 7.25. The molecular weight excluding hydrogens is 599 g/mol. The van der Waals surface area contributed by atoms with E-state index in [9.17, 15) is 49.1 Å². The number of amides is 2. The van der Waals surface area contributed by atoms with Crippen molar-refractivity contribution in [3.05, 3.63) is 64.2 Å². The van der Waals surface area contributed by atoms with Crippen molar-refractivity contribution in [2.75, 3.05) is 12.0 Å². The molecule has 1 heterocycles. The van der Waals surface area contributed by atoms with Crippen LogP contribution in [0.5, 0.6) is 0 Å².